The lowest BCUT2D eigenvalue weighted by molar-refractivity contribution is -0.147. The summed E-state index contributed by atoms with van der Waals surface area (Å²) in [7, 11) is 1.68. The van der Waals surface area contributed by atoms with Crippen molar-refractivity contribution in [3.8, 4) is 6.07 Å². The number of rotatable bonds is 2. The summed E-state index contributed by atoms with van der Waals surface area (Å²) in [6, 6.07) is 3.50. The van der Waals surface area contributed by atoms with Crippen molar-refractivity contribution in [1.82, 2.24) is 19.4 Å². The molecule has 0 saturated heterocycles. The summed E-state index contributed by atoms with van der Waals surface area (Å²) in [5.74, 6) is -1.24. The number of hydrogen-bond acceptors (Lipinski definition) is 4. The molecule has 0 amide bonds. The summed E-state index contributed by atoms with van der Waals surface area (Å²) in [5.41, 5.74) is 1.59. The Labute approximate surface area is 122 Å². The molecule has 2 rings (SSSR count). The zero-order valence-electron chi connectivity index (χ0n) is 10.9. The third kappa shape index (κ3) is 2.73. The molecule has 0 fully saturated rings. The van der Waals surface area contributed by atoms with Gasteiger partial charge in [0.15, 0.2) is 0 Å². The first-order chi connectivity index (χ1) is 9.75. The summed E-state index contributed by atoms with van der Waals surface area (Å²) in [6.07, 6.45) is -3.47. The van der Waals surface area contributed by atoms with Gasteiger partial charge in [0.05, 0.1) is 6.21 Å². The van der Waals surface area contributed by atoms with Gasteiger partial charge in [-0.1, -0.05) is 0 Å². The Balaban J connectivity index is 2.47. The maximum absolute atomic E-state index is 12.7. The SMILES string of the molecule is Cc1c(/C=N\n2c(C(F)(F)F)n[nH]c2=S)cc(C#N)n1C. The molecule has 0 aliphatic carbocycles. The molecule has 1 N–H and O–H groups in total. The smallest absolute Gasteiger partial charge is 0.339 e. The molecule has 0 unspecified atom stereocenters. The van der Waals surface area contributed by atoms with Crippen LogP contribution in [0.15, 0.2) is 11.2 Å². The molecule has 2 aromatic heterocycles. The van der Waals surface area contributed by atoms with Crippen LogP contribution in [0.25, 0.3) is 0 Å². The quantitative estimate of drug-likeness (QED) is 0.683. The molecular weight excluding hydrogens is 305 g/mol. The second-order valence-electron chi connectivity index (χ2n) is 4.15. The molecule has 10 heteroatoms. The minimum absolute atomic E-state index is 0.271. The highest BCUT2D eigenvalue weighted by atomic mass is 32.1. The highest BCUT2D eigenvalue weighted by molar-refractivity contribution is 7.71. The molecule has 0 aromatic carbocycles. The lowest BCUT2D eigenvalue weighted by Gasteiger charge is -2.03. The number of alkyl halides is 3. The second-order valence-corrected chi connectivity index (χ2v) is 4.53. The topological polar surface area (TPSA) is 74.7 Å². The van der Waals surface area contributed by atoms with Crippen molar-refractivity contribution in [2.75, 3.05) is 0 Å². The van der Waals surface area contributed by atoms with E-state index in [1.165, 1.54) is 12.3 Å². The summed E-state index contributed by atoms with van der Waals surface area (Å²) in [6.45, 7) is 1.72. The van der Waals surface area contributed by atoms with Gasteiger partial charge in [0.1, 0.15) is 11.8 Å². The highest BCUT2D eigenvalue weighted by Gasteiger charge is 2.37. The molecule has 2 heterocycles. The van der Waals surface area contributed by atoms with Crippen molar-refractivity contribution >= 4 is 18.4 Å². The minimum Gasteiger partial charge on any atom is -0.339 e. The van der Waals surface area contributed by atoms with Gasteiger partial charge in [-0.15, -0.1) is 5.10 Å². The van der Waals surface area contributed by atoms with Crippen LogP contribution in [0.3, 0.4) is 0 Å². The fourth-order valence-corrected chi connectivity index (χ4v) is 1.84. The van der Waals surface area contributed by atoms with Gasteiger partial charge in [-0.25, -0.2) is 5.10 Å². The van der Waals surface area contributed by atoms with Crippen LogP contribution in [0.5, 0.6) is 0 Å². The van der Waals surface area contributed by atoms with Gasteiger partial charge in [-0.05, 0) is 25.2 Å². The van der Waals surface area contributed by atoms with Gasteiger partial charge in [0.25, 0.3) is 5.82 Å². The molecular formula is C11H9F3N6S. The van der Waals surface area contributed by atoms with E-state index in [1.807, 2.05) is 6.07 Å². The molecule has 0 aliphatic heterocycles. The van der Waals surface area contributed by atoms with Crippen molar-refractivity contribution in [2.24, 2.45) is 12.1 Å². The van der Waals surface area contributed by atoms with Crippen molar-refractivity contribution in [2.45, 2.75) is 13.1 Å². The summed E-state index contributed by atoms with van der Waals surface area (Å²) in [4.78, 5) is 0. The standard InChI is InChI=1S/C11H9F3N6S/c1-6-7(3-8(4-15)19(6)2)5-16-20-9(11(12,13)14)17-18-10(20)21/h3,5H,1-2H3,(H,18,21)/b16-5-. The molecule has 0 radical (unpaired) electrons. The van der Waals surface area contributed by atoms with E-state index in [0.717, 1.165) is 0 Å². The predicted molar refractivity (Wildman–Crippen MR) is 70.3 cm³/mol. The van der Waals surface area contributed by atoms with Crippen molar-refractivity contribution in [3.63, 3.8) is 0 Å². The van der Waals surface area contributed by atoms with Gasteiger partial charge in [-0.3, -0.25) is 0 Å². The van der Waals surface area contributed by atoms with Crippen LogP contribution >= 0.6 is 12.2 Å². The fraction of sp³-hybridized carbons (Fsp3) is 0.273. The Morgan fingerprint density at radius 3 is 2.71 bits per heavy atom. The van der Waals surface area contributed by atoms with Crippen LogP contribution < -0.4 is 0 Å². The van der Waals surface area contributed by atoms with E-state index in [-0.39, 0.29) is 4.77 Å². The first kappa shape index (κ1) is 15.0. The second kappa shape index (κ2) is 5.17. The maximum atomic E-state index is 12.7. The molecule has 0 aliphatic rings. The number of H-pyrrole nitrogens is 1. The van der Waals surface area contributed by atoms with E-state index in [0.29, 0.717) is 21.6 Å². The molecule has 2 aromatic rings. The van der Waals surface area contributed by atoms with Gasteiger partial charge < -0.3 is 4.57 Å². The van der Waals surface area contributed by atoms with Gasteiger partial charge >= 0.3 is 6.18 Å². The normalized spacial score (nSPS) is 12.0. The largest absolute Gasteiger partial charge is 0.453 e. The minimum atomic E-state index is -4.67. The number of hydrogen-bond donors (Lipinski definition) is 1. The van der Waals surface area contributed by atoms with Gasteiger partial charge in [0.2, 0.25) is 4.77 Å². The number of aromatic amines is 1. The molecule has 6 nitrogen and oxygen atoms in total. The highest BCUT2D eigenvalue weighted by Crippen LogP contribution is 2.27. The van der Waals surface area contributed by atoms with Crippen LogP contribution in [0.2, 0.25) is 0 Å². The Morgan fingerprint density at radius 2 is 2.19 bits per heavy atom. The summed E-state index contributed by atoms with van der Waals surface area (Å²) >= 11 is 4.72. The van der Waals surface area contributed by atoms with E-state index < -0.39 is 12.0 Å². The zero-order chi connectivity index (χ0) is 15.8. The summed E-state index contributed by atoms with van der Waals surface area (Å²) < 4.78 is 40.0. The van der Waals surface area contributed by atoms with E-state index >= 15 is 0 Å². The predicted octanol–water partition coefficient (Wildman–Crippen LogP) is 2.36. The lowest BCUT2D eigenvalue weighted by Crippen LogP contribution is -2.12. The first-order valence-corrected chi connectivity index (χ1v) is 6.02. The number of aromatic nitrogens is 4. The van der Waals surface area contributed by atoms with Crippen LogP contribution in [-0.4, -0.2) is 25.7 Å². The molecule has 110 valence electrons. The number of nitrogens with zero attached hydrogens (tertiary/aromatic N) is 5. The zero-order valence-corrected chi connectivity index (χ0v) is 11.7. The Kier molecular flexibility index (Phi) is 3.69. The monoisotopic (exact) mass is 314 g/mol. The first-order valence-electron chi connectivity index (χ1n) is 5.61. The Hall–Kier alpha value is -2.41. The molecule has 0 saturated carbocycles. The van der Waals surface area contributed by atoms with Crippen LogP contribution in [0.4, 0.5) is 13.2 Å². The Bertz CT molecular complexity index is 802. The van der Waals surface area contributed by atoms with Crippen LogP contribution in [0, 0.1) is 23.0 Å². The molecule has 0 spiro atoms. The third-order valence-electron chi connectivity index (χ3n) is 2.91. The molecule has 0 atom stereocenters. The van der Waals surface area contributed by atoms with Crippen molar-refractivity contribution in [1.29, 1.82) is 5.26 Å². The van der Waals surface area contributed by atoms with Crippen LogP contribution in [-0.2, 0) is 13.2 Å². The fourth-order valence-electron chi connectivity index (χ4n) is 1.66. The van der Waals surface area contributed by atoms with Gasteiger partial charge in [0, 0.05) is 18.3 Å². The van der Waals surface area contributed by atoms with Crippen molar-refractivity contribution in [3.05, 3.63) is 33.6 Å². The molecule has 21 heavy (non-hydrogen) atoms. The van der Waals surface area contributed by atoms with Crippen molar-refractivity contribution < 1.29 is 13.2 Å². The van der Waals surface area contributed by atoms with Crippen LogP contribution in [0.1, 0.15) is 22.8 Å². The van der Waals surface area contributed by atoms with E-state index in [4.69, 9.17) is 17.5 Å². The number of halogens is 3. The van der Waals surface area contributed by atoms with E-state index in [1.54, 1.807) is 18.5 Å². The van der Waals surface area contributed by atoms with Gasteiger partial charge in [-0.2, -0.15) is 28.2 Å². The number of nitrogens with one attached hydrogen (secondary N) is 1. The average Bonchev–Trinajstić information content (AvgIpc) is 2.90. The maximum Gasteiger partial charge on any atom is 0.453 e. The van der Waals surface area contributed by atoms with E-state index in [2.05, 4.69) is 15.3 Å². The Morgan fingerprint density at radius 1 is 1.52 bits per heavy atom. The molecule has 0 bridgehead atoms. The lowest BCUT2D eigenvalue weighted by atomic mass is 10.3. The summed E-state index contributed by atoms with van der Waals surface area (Å²) in [5, 5.41) is 17.8. The number of nitriles is 1. The van der Waals surface area contributed by atoms with E-state index in [9.17, 15) is 13.2 Å². The third-order valence-corrected chi connectivity index (χ3v) is 3.17. The average molecular weight is 314 g/mol.